The molecule has 0 saturated heterocycles. The van der Waals surface area contributed by atoms with Crippen molar-refractivity contribution in [2.24, 2.45) is 5.92 Å². The summed E-state index contributed by atoms with van der Waals surface area (Å²) >= 11 is 0. The molecule has 0 aromatic rings. The Morgan fingerprint density at radius 1 is 0.319 bits per heavy atom. The van der Waals surface area contributed by atoms with Crippen LogP contribution in [0.25, 0.3) is 0 Å². The molecule has 1 amide bonds. The summed E-state index contributed by atoms with van der Waals surface area (Å²) in [5.41, 5.74) is 0. The Morgan fingerprint density at radius 3 is 0.903 bits per heavy atom. The van der Waals surface area contributed by atoms with Crippen molar-refractivity contribution in [1.82, 2.24) is 4.90 Å². The Morgan fingerprint density at radius 2 is 0.569 bits per heavy atom. The van der Waals surface area contributed by atoms with Crippen molar-refractivity contribution in [2.75, 3.05) is 19.7 Å². The van der Waals surface area contributed by atoms with Gasteiger partial charge < -0.3 is 9.64 Å². The molecule has 0 fully saturated rings. The highest BCUT2D eigenvalue weighted by molar-refractivity contribution is 5.83. The lowest BCUT2D eigenvalue weighted by atomic mass is 9.96. The number of allylic oxidation sites excluding steroid dienone is 2. The molecular formula is C68H133NO3. The third-order valence-corrected chi connectivity index (χ3v) is 16.0. The van der Waals surface area contributed by atoms with E-state index in [2.05, 4.69) is 44.7 Å². The zero-order valence-electron chi connectivity index (χ0n) is 50.1. The van der Waals surface area contributed by atoms with E-state index >= 15 is 0 Å². The maximum atomic E-state index is 13.9. The smallest absolute Gasteiger partial charge is 0.309 e. The molecule has 0 saturated carbocycles. The first-order valence-corrected chi connectivity index (χ1v) is 33.7. The summed E-state index contributed by atoms with van der Waals surface area (Å²) in [4.78, 5) is 29.5. The van der Waals surface area contributed by atoms with Gasteiger partial charge in [-0.05, 0) is 51.4 Å². The van der Waals surface area contributed by atoms with Gasteiger partial charge in [-0.2, -0.15) is 0 Å². The van der Waals surface area contributed by atoms with Crippen LogP contribution in [0.3, 0.4) is 0 Å². The SMILES string of the molecule is CCCCC/C=C/CCCCCCCCCCCCCCCCCCCCCCCCCCCCCCCCCC(CC(=O)N(CCCCCCCC)CCCCCCCC)C(=O)OCCCCCCCC. The number of hydrogen-bond acceptors (Lipinski definition) is 3. The van der Waals surface area contributed by atoms with Gasteiger partial charge in [0.2, 0.25) is 5.91 Å². The second-order valence-electron chi connectivity index (χ2n) is 23.3. The molecule has 1 unspecified atom stereocenters. The summed E-state index contributed by atoms with van der Waals surface area (Å²) in [6.07, 6.45) is 78.2. The fourth-order valence-electron chi connectivity index (χ4n) is 10.9. The maximum Gasteiger partial charge on any atom is 0.309 e. The molecule has 72 heavy (non-hydrogen) atoms. The number of nitrogens with zero attached hydrogens (tertiary/aromatic N) is 1. The predicted molar refractivity (Wildman–Crippen MR) is 321 cm³/mol. The van der Waals surface area contributed by atoms with E-state index in [-0.39, 0.29) is 17.8 Å². The van der Waals surface area contributed by atoms with Crippen LogP contribution in [0.5, 0.6) is 0 Å². The van der Waals surface area contributed by atoms with Gasteiger partial charge in [-0.3, -0.25) is 9.59 Å². The van der Waals surface area contributed by atoms with Crippen LogP contribution in [0, 0.1) is 5.92 Å². The molecule has 0 aromatic carbocycles. The number of esters is 1. The fraction of sp³-hybridized carbons (Fsp3) is 0.941. The summed E-state index contributed by atoms with van der Waals surface area (Å²) < 4.78 is 5.88. The first-order valence-electron chi connectivity index (χ1n) is 33.7. The van der Waals surface area contributed by atoms with E-state index in [4.69, 9.17) is 4.74 Å². The molecule has 0 bridgehead atoms. The van der Waals surface area contributed by atoms with Crippen LogP contribution < -0.4 is 0 Å². The van der Waals surface area contributed by atoms with Gasteiger partial charge in [0.05, 0.1) is 12.5 Å². The first kappa shape index (κ1) is 70.7. The molecular weight excluding hydrogens is 879 g/mol. The minimum Gasteiger partial charge on any atom is -0.465 e. The Hall–Kier alpha value is -1.32. The van der Waals surface area contributed by atoms with Crippen LogP contribution in [0.15, 0.2) is 12.2 Å². The van der Waals surface area contributed by atoms with Crippen LogP contribution in [-0.4, -0.2) is 36.5 Å². The Balaban J connectivity index is 4.00. The zero-order chi connectivity index (χ0) is 52.2. The molecule has 0 radical (unpaired) electrons. The van der Waals surface area contributed by atoms with Gasteiger partial charge in [-0.25, -0.2) is 0 Å². The monoisotopic (exact) mass is 1010 g/mol. The van der Waals surface area contributed by atoms with Crippen molar-refractivity contribution in [1.29, 1.82) is 0 Å². The molecule has 0 spiro atoms. The van der Waals surface area contributed by atoms with E-state index in [0.717, 1.165) is 58.0 Å². The Labute approximate surface area is 454 Å². The third-order valence-electron chi connectivity index (χ3n) is 16.0. The lowest BCUT2D eigenvalue weighted by Gasteiger charge is -2.25. The average molecular weight is 1010 g/mol. The minimum absolute atomic E-state index is 0.114. The van der Waals surface area contributed by atoms with E-state index in [1.165, 1.54) is 308 Å². The van der Waals surface area contributed by atoms with Gasteiger partial charge in [0.15, 0.2) is 0 Å². The highest BCUT2D eigenvalue weighted by Crippen LogP contribution is 2.22. The van der Waals surface area contributed by atoms with Gasteiger partial charge in [0.25, 0.3) is 0 Å². The predicted octanol–water partition coefficient (Wildman–Crippen LogP) is 23.5. The summed E-state index contributed by atoms with van der Waals surface area (Å²) in [5.74, 6) is -0.215. The maximum absolute atomic E-state index is 13.9. The van der Waals surface area contributed by atoms with Crippen molar-refractivity contribution in [3.63, 3.8) is 0 Å². The highest BCUT2D eigenvalue weighted by Gasteiger charge is 2.26. The lowest BCUT2D eigenvalue weighted by molar-refractivity contribution is -0.152. The Kier molecular flexibility index (Phi) is 61.1. The molecule has 428 valence electrons. The summed E-state index contributed by atoms with van der Waals surface area (Å²) in [5, 5.41) is 0. The quantitative estimate of drug-likeness (QED) is 0.0346. The zero-order valence-corrected chi connectivity index (χ0v) is 50.1. The molecule has 0 aromatic heterocycles. The minimum atomic E-state index is -0.290. The number of carbonyl (C=O) groups is 2. The van der Waals surface area contributed by atoms with Crippen LogP contribution in [0.4, 0.5) is 0 Å². The molecule has 0 aliphatic rings. The van der Waals surface area contributed by atoms with Gasteiger partial charge in [0.1, 0.15) is 0 Å². The number of ether oxygens (including phenoxy) is 1. The van der Waals surface area contributed by atoms with E-state index in [1.54, 1.807) is 0 Å². The lowest BCUT2D eigenvalue weighted by Crippen LogP contribution is -2.35. The number of carbonyl (C=O) groups excluding carboxylic acids is 2. The van der Waals surface area contributed by atoms with Crippen LogP contribution >= 0.6 is 0 Å². The normalized spacial score (nSPS) is 12.1. The fourth-order valence-corrected chi connectivity index (χ4v) is 10.9. The number of unbranched alkanes of at least 4 members (excludes halogenated alkanes) is 49. The van der Waals surface area contributed by atoms with Gasteiger partial charge in [-0.15, -0.1) is 0 Å². The molecule has 0 aliphatic heterocycles. The number of amides is 1. The molecule has 0 rings (SSSR count). The summed E-state index contributed by atoms with van der Waals surface area (Å²) in [6.45, 7) is 11.3. The average Bonchev–Trinajstić information content (AvgIpc) is 3.38. The third kappa shape index (κ3) is 54.9. The van der Waals surface area contributed by atoms with Gasteiger partial charge in [0, 0.05) is 19.5 Å². The molecule has 4 heteroatoms. The van der Waals surface area contributed by atoms with Crippen molar-refractivity contribution < 1.29 is 14.3 Å². The van der Waals surface area contributed by atoms with E-state index < -0.39 is 0 Å². The van der Waals surface area contributed by atoms with Gasteiger partial charge >= 0.3 is 5.97 Å². The van der Waals surface area contributed by atoms with Crippen molar-refractivity contribution in [3.8, 4) is 0 Å². The van der Waals surface area contributed by atoms with Crippen LogP contribution in [-0.2, 0) is 14.3 Å². The molecule has 0 aliphatic carbocycles. The van der Waals surface area contributed by atoms with Crippen molar-refractivity contribution in [3.05, 3.63) is 12.2 Å². The van der Waals surface area contributed by atoms with E-state index in [9.17, 15) is 9.59 Å². The Bertz CT molecular complexity index is 1060. The summed E-state index contributed by atoms with van der Waals surface area (Å²) in [6, 6.07) is 0. The first-order chi connectivity index (χ1) is 35.6. The molecule has 0 heterocycles. The van der Waals surface area contributed by atoms with Crippen LogP contribution in [0.2, 0.25) is 0 Å². The van der Waals surface area contributed by atoms with Crippen molar-refractivity contribution >= 4 is 11.9 Å². The summed E-state index contributed by atoms with van der Waals surface area (Å²) in [7, 11) is 0. The number of hydrogen-bond donors (Lipinski definition) is 0. The number of rotatable bonds is 62. The van der Waals surface area contributed by atoms with Gasteiger partial charge in [-0.1, -0.05) is 342 Å². The largest absolute Gasteiger partial charge is 0.465 e. The van der Waals surface area contributed by atoms with Crippen LogP contribution in [0.1, 0.15) is 387 Å². The molecule has 4 nitrogen and oxygen atoms in total. The highest BCUT2D eigenvalue weighted by atomic mass is 16.5. The topological polar surface area (TPSA) is 46.6 Å². The van der Waals surface area contributed by atoms with Crippen molar-refractivity contribution in [2.45, 2.75) is 387 Å². The second-order valence-corrected chi connectivity index (χ2v) is 23.3. The second kappa shape index (κ2) is 62.2. The molecule has 1 atom stereocenters. The van der Waals surface area contributed by atoms with E-state index in [1.807, 2.05) is 0 Å². The molecule has 0 N–H and O–H groups in total. The standard InChI is InChI=1S/C68H133NO3/c1-5-9-13-17-21-22-23-24-25-26-27-28-29-30-31-32-33-34-35-36-37-38-39-40-41-42-43-44-45-46-47-48-49-50-51-52-53-57-61-66(68(71)72-64-60-56-20-16-12-8-4)65-67(70)69(62-58-54-18-14-10-6-2)63-59-55-19-15-11-7-3/h21-22,66H,5-20,23-65H2,1-4H3/b22-21+. The van der Waals surface area contributed by atoms with E-state index in [0.29, 0.717) is 13.0 Å².